The van der Waals surface area contributed by atoms with Gasteiger partial charge in [-0.1, -0.05) is 42.0 Å². The number of pyridine rings is 1. The van der Waals surface area contributed by atoms with Crippen molar-refractivity contribution in [2.45, 2.75) is 20.3 Å². The van der Waals surface area contributed by atoms with Gasteiger partial charge in [-0.3, -0.25) is 9.20 Å². The van der Waals surface area contributed by atoms with E-state index in [2.05, 4.69) is 44.3 Å². The summed E-state index contributed by atoms with van der Waals surface area (Å²) in [5.41, 5.74) is 6.72. The SMILES string of the molecule is Cc1ccc(-c2nc3ccc(C)cn3c2C2=CCCN(C)C2=O)cc1. The molecule has 0 fully saturated rings. The van der Waals surface area contributed by atoms with E-state index in [0.29, 0.717) is 0 Å². The summed E-state index contributed by atoms with van der Waals surface area (Å²) in [5.74, 6) is 0.0583. The number of hydrogen-bond acceptors (Lipinski definition) is 2. The van der Waals surface area contributed by atoms with Crippen LogP contribution in [0.5, 0.6) is 0 Å². The lowest BCUT2D eigenvalue weighted by Gasteiger charge is -2.23. The molecule has 25 heavy (non-hydrogen) atoms. The normalized spacial score (nSPS) is 14.9. The van der Waals surface area contributed by atoms with E-state index in [0.717, 1.165) is 46.7 Å². The van der Waals surface area contributed by atoms with Crippen LogP contribution in [0.15, 0.2) is 48.7 Å². The number of imidazole rings is 1. The van der Waals surface area contributed by atoms with Crippen molar-refractivity contribution in [3.8, 4) is 11.3 Å². The Kier molecular flexibility index (Phi) is 3.68. The van der Waals surface area contributed by atoms with Gasteiger partial charge in [-0.05, 0) is 31.9 Å². The van der Waals surface area contributed by atoms with Crippen molar-refractivity contribution >= 4 is 17.1 Å². The lowest BCUT2D eigenvalue weighted by Crippen LogP contribution is -2.31. The van der Waals surface area contributed by atoms with E-state index in [1.54, 1.807) is 4.90 Å². The van der Waals surface area contributed by atoms with Crippen LogP contribution in [0.1, 0.15) is 23.2 Å². The lowest BCUT2D eigenvalue weighted by molar-refractivity contribution is -0.124. The number of benzene rings is 1. The van der Waals surface area contributed by atoms with Gasteiger partial charge >= 0.3 is 0 Å². The minimum atomic E-state index is 0.0583. The molecule has 0 unspecified atom stereocenters. The number of hydrogen-bond donors (Lipinski definition) is 0. The summed E-state index contributed by atoms with van der Waals surface area (Å²) in [4.78, 5) is 19.4. The van der Waals surface area contributed by atoms with E-state index < -0.39 is 0 Å². The van der Waals surface area contributed by atoms with E-state index in [-0.39, 0.29) is 5.91 Å². The maximum absolute atomic E-state index is 12.8. The average Bonchev–Trinajstić information content (AvgIpc) is 2.96. The zero-order chi connectivity index (χ0) is 17.6. The molecule has 1 amide bonds. The topological polar surface area (TPSA) is 37.6 Å². The van der Waals surface area contributed by atoms with Crippen LogP contribution in [0.25, 0.3) is 22.5 Å². The van der Waals surface area contributed by atoms with Crippen LogP contribution in [0.2, 0.25) is 0 Å². The summed E-state index contributed by atoms with van der Waals surface area (Å²) in [6.07, 6.45) is 4.97. The van der Waals surface area contributed by atoms with Gasteiger partial charge in [0.15, 0.2) is 0 Å². The van der Waals surface area contributed by atoms with Crippen molar-refractivity contribution < 1.29 is 4.79 Å². The molecular weight excluding hydrogens is 310 g/mol. The summed E-state index contributed by atoms with van der Waals surface area (Å²) in [6.45, 7) is 4.88. The summed E-state index contributed by atoms with van der Waals surface area (Å²) in [6, 6.07) is 12.4. The van der Waals surface area contributed by atoms with Crippen LogP contribution in [0.3, 0.4) is 0 Å². The highest BCUT2D eigenvalue weighted by Crippen LogP contribution is 2.32. The molecule has 4 nitrogen and oxygen atoms in total. The van der Waals surface area contributed by atoms with Crippen LogP contribution in [-0.2, 0) is 4.79 Å². The Morgan fingerprint density at radius 3 is 2.48 bits per heavy atom. The van der Waals surface area contributed by atoms with E-state index >= 15 is 0 Å². The first kappa shape index (κ1) is 15.6. The first-order valence-corrected chi connectivity index (χ1v) is 8.56. The van der Waals surface area contributed by atoms with Crippen molar-refractivity contribution in [1.29, 1.82) is 0 Å². The molecule has 0 spiro atoms. The fourth-order valence-electron chi connectivity index (χ4n) is 3.32. The quantitative estimate of drug-likeness (QED) is 0.715. The highest BCUT2D eigenvalue weighted by atomic mass is 16.2. The average molecular weight is 331 g/mol. The van der Waals surface area contributed by atoms with Gasteiger partial charge in [0.2, 0.25) is 0 Å². The molecule has 3 heterocycles. The zero-order valence-corrected chi connectivity index (χ0v) is 14.8. The molecule has 1 aliphatic rings. The van der Waals surface area contributed by atoms with Crippen molar-refractivity contribution in [1.82, 2.24) is 14.3 Å². The molecule has 0 radical (unpaired) electrons. The molecule has 0 saturated heterocycles. The highest BCUT2D eigenvalue weighted by molar-refractivity contribution is 6.21. The molecule has 0 atom stereocenters. The van der Waals surface area contributed by atoms with Crippen LogP contribution < -0.4 is 0 Å². The summed E-state index contributed by atoms with van der Waals surface area (Å²) in [5, 5.41) is 0. The molecule has 0 saturated carbocycles. The van der Waals surface area contributed by atoms with Crippen LogP contribution >= 0.6 is 0 Å². The smallest absolute Gasteiger partial charge is 0.255 e. The minimum Gasteiger partial charge on any atom is -0.341 e. The van der Waals surface area contributed by atoms with E-state index in [4.69, 9.17) is 4.98 Å². The third-order valence-corrected chi connectivity index (χ3v) is 4.74. The fraction of sp³-hybridized carbons (Fsp3) is 0.238. The molecule has 1 aliphatic heterocycles. The number of amides is 1. The third kappa shape index (κ3) is 2.64. The molecule has 126 valence electrons. The number of carbonyl (C=O) groups excluding carboxylic acids is 1. The first-order valence-electron chi connectivity index (χ1n) is 8.56. The van der Waals surface area contributed by atoms with Gasteiger partial charge in [-0.15, -0.1) is 0 Å². The Morgan fingerprint density at radius 1 is 1.00 bits per heavy atom. The van der Waals surface area contributed by atoms with Crippen molar-refractivity contribution in [3.63, 3.8) is 0 Å². The van der Waals surface area contributed by atoms with E-state index in [9.17, 15) is 4.79 Å². The third-order valence-electron chi connectivity index (χ3n) is 4.74. The predicted molar refractivity (Wildman–Crippen MR) is 100 cm³/mol. The van der Waals surface area contributed by atoms with Gasteiger partial charge in [0, 0.05) is 25.4 Å². The summed E-state index contributed by atoms with van der Waals surface area (Å²) < 4.78 is 2.05. The number of aryl methyl sites for hydroxylation is 2. The largest absolute Gasteiger partial charge is 0.341 e. The molecule has 0 bridgehead atoms. The molecule has 1 aromatic carbocycles. The standard InChI is InChI=1S/C21H21N3O/c1-14-6-9-16(10-7-14)19-20(17-5-4-12-23(3)21(17)25)24-13-15(2)8-11-18(24)22-19/h5-11,13H,4,12H2,1-3H3. The number of likely N-dealkylation sites (N-methyl/N-ethyl adjacent to an activating group) is 1. The van der Waals surface area contributed by atoms with Gasteiger partial charge in [0.1, 0.15) is 5.65 Å². The van der Waals surface area contributed by atoms with E-state index in [1.807, 2.05) is 29.7 Å². The molecule has 0 N–H and O–H groups in total. The van der Waals surface area contributed by atoms with Crippen molar-refractivity contribution in [2.24, 2.45) is 0 Å². The molecule has 4 rings (SSSR count). The van der Waals surface area contributed by atoms with Gasteiger partial charge < -0.3 is 4.90 Å². The second-order valence-electron chi connectivity index (χ2n) is 6.74. The lowest BCUT2D eigenvalue weighted by atomic mass is 10.00. The molecule has 2 aromatic heterocycles. The van der Waals surface area contributed by atoms with Crippen LogP contribution in [0.4, 0.5) is 0 Å². The van der Waals surface area contributed by atoms with Gasteiger partial charge in [-0.2, -0.15) is 0 Å². The number of rotatable bonds is 2. The Bertz CT molecular complexity index is 996. The maximum atomic E-state index is 12.8. The number of aromatic nitrogens is 2. The summed E-state index contributed by atoms with van der Waals surface area (Å²) >= 11 is 0. The fourth-order valence-corrected chi connectivity index (χ4v) is 3.32. The summed E-state index contributed by atoms with van der Waals surface area (Å²) in [7, 11) is 1.86. The Balaban J connectivity index is 2.01. The Labute approximate surface area is 147 Å². The number of carbonyl (C=O) groups is 1. The Morgan fingerprint density at radius 2 is 1.72 bits per heavy atom. The monoisotopic (exact) mass is 331 g/mol. The van der Waals surface area contributed by atoms with Crippen molar-refractivity contribution in [3.05, 3.63) is 65.5 Å². The maximum Gasteiger partial charge on any atom is 0.255 e. The first-order chi connectivity index (χ1) is 12.0. The van der Waals surface area contributed by atoms with Gasteiger partial charge in [0.05, 0.1) is 17.0 Å². The minimum absolute atomic E-state index is 0.0583. The van der Waals surface area contributed by atoms with Crippen LogP contribution in [-0.4, -0.2) is 33.8 Å². The highest BCUT2D eigenvalue weighted by Gasteiger charge is 2.26. The molecular formula is C21H21N3O. The molecule has 4 heteroatoms. The van der Waals surface area contributed by atoms with Crippen molar-refractivity contribution in [2.75, 3.05) is 13.6 Å². The number of nitrogens with zero attached hydrogens (tertiary/aromatic N) is 3. The number of fused-ring (bicyclic) bond motifs is 1. The predicted octanol–water partition coefficient (Wildman–Crippen LogP) is 3.86. The Hall–Kier alpha value is -2.88. The zero-order valence-electron chi connectivity index (χ0n) is 14.8. The van der Waals surface area contributed by atoms with Gasteiger partial charge in [-0.25, -0.2) is 4.98 Å². The second kappa shape index (κ2) is 5.88. The second-order valence-corrected chi connectivity index (χ2v) is 6.74. The van der Waals surface area contributed by atoms with Crippen LogP contribution in [0, 0.1) is 13.8 Å². The van der Waals surface area contributed by atoms with E-state index in [1.165, 1.54) is 5.56 Å². The molecule has 0 aliphatic carbocycles. The molecule has 3 aromatic rings. The van der Waals surface area contributed by atoms with Gasteiger partial charge in [0.25, 0.3) is 5.91 Å².